The van der Waals surface area contributed by atoms with E-state index < -0.39 is 235 Å². The Hall–Kier alpha value is -13.9. The topological polar surface area (TPSA) is 738 Å². The molecular weight excluding hydrogens is 1740 g/mol. The smallest absolute Gasteiger partial charge is 0.305 e. The van der Waals surface area contributed by atoms with Crippen LogP contribution in [0.4, 0.5) is 0 Å². The van der Waals surface area contributed by atoms with Gasteiger partial charge in [-0.05, 0) is 133 Å². The van der Waals surface area contributed by atoms with Crippen molar-refractivity contribution in [2.24, 2.45) is 52.3 Å². The van der Waals surface area contributed by atoms with Crippen molar-refractivity contribution in [1.29, 1.82) is 10.8 Å². The predicted octanol–water partition coefficient (Wildman–Crippen LogP) is -5.34. The summed E-state index contributed by atoms with van der Waals surface area (Å²) in [7, 11) is 0. The molecule has 4 aliphatic rings. The summed E-state index contributed by atoms with van der Waals surface area (Å²) in [6.45, 7) is 4.40. The largest absolute Gasteiger partial charge is 0.481 e. The summed E-state index contributed by atoms with van der Waals surface area (Å²) in [6, 6.07) is 7.83. The van der Waals surface area contributed by atoms with E-state index in [0.717, 1.165) is 10.9 Å². The second kappa shape index (κ2) is 53.0. The SMILES string of the molecule is CC(=O)N[C@H]1CNC[C@@H]1C(=O)N[C@@H](C)C(=O)N[C@H]1CCC[C@@H]1C(=O)N[C@@H](CCCNC(=N)N)C(=O)N[C@H]1CCC[C@@H]1C(=O)N[C@@H](Cc1c[nH]c2ccccc12)C(=O)N[C@H]1CCC[C@@H]1C(=O)N[C@@H](CCCCN)C(=O)N[C@H](CC(=O)NCC(=O)N[C@@H](CC(=O)O)C(=O)N[C@@H](C)C(=O)N[C@@H](Cc1ccccc1)C(=O)N[C@@H](CC(N)=O)C(=O)N[C@@H](CCCNC(=N)N)C(N)=O)Cc1ccccc1. The van der Waals surface area contributed by atoms with Gasteiger partial charge in [-0.25, -0.2) is 0 Å². The molecule has 0 unspecified atom stereocenters. The molecule has 17 amide bonds. The van der Waals surface area contributed by atoms with E-state index in [2.05, 4.69) is 101 Å². The molecule has 134 heavy (non-hydrogen) atoms. The van der Waals surface area contributed by atoms with Gasteiger partial charge < -0.3 is 134 Å². The summed E-state index contributed by atoms with van der Waals surface area (Å²) in [5.41, 5.74) is 30.4. The molecule has 45 nitrogen and oxygen atoms in total. The van der Waals surface area contributed by atoms with Crippen LogP contribution in [0.2, 0.25) is 0 Å². The fourth-order valence-electron chi connectivity index (χ4n) is 17.1. The third-order valence-corrected chi connectivity index (χ3v) is 24.1. The van der Waals surface area contributed by atoms with Crippen molar-refractivity contribution in [2.75, 3.05) is 39.3 Å². The number of hydrogen-bond acceptors (Lipinski definition) is 22. The molecule has 0 spiro atoms. The van der Waals surface area contributed by atoms with E-state index in [1.165, 1.54) is 20.8 Å². The van der Waals surface area contributed by atoms with Gasteiger partial charge in [0.25, 0.3) is 0 Å². The van der Waals surface area contributed by atoms with Crippen molar-refractivity contribution in [2.45, 2.75) is 247 Å². The molecule has 1 aromatic heterocycles. The van der Waals surface area contributed by atoms with Crippen molar-refractivity contribution >= 4 is 129 Å². The Kier molecular flexibility index (Phi) is 41.7. The number of aromatic amines is 1. The zero-order valence-corrected chi connectivity index (χ0v) is 75.5. The van der Waals surface area contributed by atoms with Gasteiger partial charge in [-0.2, -0.15) is 0 Å². The van der Waals surface area contributed by atoms with E-state index in [4.69, 9.17) is 39.5 Å². The molecule has 2 heterocycles. The first-order valence-corrected chi connectivity index (χ1v) is 45.4. The molecule has 45 heteroatoms. The number of aliphatic carboxylic acids is 1. The number of aromatic nitrogens is 1. The minimum absolute atomic E-state index is 0.0282. The number of H-pyrrole nitrogens is 1. The lowest BCUT2D eigenvalue weighted by Crippen LogP contribution is -2.59. The molecule has 4 fully saturated rings. The van der Waals surface area contributed by atoms with Crippen LogP contribution in [0.25, 0.3) is 10.9 Å². The number of carbonyl (C=O) groups is 18. The number of primary amides is 2. The lowest BCUT2D eigenvalue weighted by atomic mass is 9.97. The lowest BCUT2D eigenvalue weighted by Gasteiger charge is -2.29. The van der Waals surface area contributed by atoms with E-state index in [-0.39, 0.29) is 102 Å². The Labute approximate surface area is 774 Å². The van der Waals surface area contributed by atoms with Gasteiger partial charge in [0.05, 0.1) is 49.1 Å². The monoisotopic (exact) mass is 1870 g/mol. The van der Waals surface area contributed by atoms with Crippen LogP contribution >= 0.6 is 0 Å². The first-order chi connectivity index (χ1) is 63.9. The van der Waals surface area contributed by atoms with Gasteiger partial charge in [-0.3, -0.25) is 97.1 Å². The molecule has 0 radical (unpaired) electrons. The highest BCUT2D eigenvalue weighted by Gasteiger charge is 2.44. The van der Waals surface area contributed by atoms with Crippen molar-refractivity contribution in [3.63, 3.8) is 0 Å². The van der Waals surface area contributed by atoms with Gasteiger partial charge in [-0.15, -0.1) is 0 Å². The Morgan fingerprint density at radius 3 is 1.43 bits per heavy atom. The normalized spacial score (nSPS) is 19.9. The second-order valence-electron chi connectivity index (χ2n) is 34.5. The molecule has 18 atom stereocenters. The van der Waals surface area contributed by atoms with Crippen LogP contribution < -0.4 is 124 Å². The number of amides is 17. The summed E-state index contributed by atoms with van der Waals surface area (Å²) in [5, 5.41) is 74.5. The average molecular weight is 1870 g/mol. The molecule has 3 saturated carbocycles. The van der Waals surface area contributed by atoms with Crippen LogP contribution in [0.15, 0.2) is 91.1 Å². The van der Waals surface area contributed by atoms with Gasteiger partial charge in [0.2, 0.25) is 100 Å². The number of fused-ring (bicyclic) bond motifs is 1. The van der Waals surface area contributed by atoms with Gasteiger partial charge in [0.15, 0.2) is 11.9 Å². The molecule has 1 aliphatic heterocycles. The van der Waals surface area contributed by atoms with E-state index in [1.807, 2.05) is 24.3 Å². The summed E-state index contributed by atoms with van der Waals surface area (Å²) >= 11 is 0. The third-order valence-electron chi connectivity index (χ3n) is 24.1. The van der Waals surface area contributed by atoms with Crippen molar-refractivity contribution < 1.29 is 91.4 Å². The lowest BCUT2D eigenvalue weighted by molar-refractivity contribution is -0.141. The first kappa shape index (κ1) is 105. The van der Waals surface area contributed by atoms with Gasteiger partial charge in [0.1, 0.15) is 54.4 Å². The van der Waals surface area contributed by atoms with Gasteiger partial charge in [-0.1, -0.05) is 98.1 Å². The maximum atomic E-state index is 15.1. The first-order valence-electron chi connectivity index (χ1n) is 45.4. The number of nitrogens with two attached hydrogens (primary N) is 5. The molecule has 0 bridgehead atoms. The molecule has 32 N–H and O–H groups in total. The standard InChI is InChI=1S/C89H130N26O19/c1-47(102-81(128)58-44-97-45-70(58)104-49(3)116)76(123)107-60-29-14-24-55(60)78(125)112-65(33-18-36-99-89(95)96)83(130)108-61-30-16-26-57(61)80(127)114-67(39-52-43-100-59-27-11-10-23-54(52)59)86(133)109-62-31-15-25-56(62)79(126)111-64(28-12-13-34-90)82(129)105-53(37-50-19-6-4-7-20-50)40-72(118)101-46-73(119)106-69(42-74(120)121)84(131)103-48(2)77(124)113-66(38-51-21-8-5-9-22-51)85(132)115-68(41-71(91)117)87(134)110-63(75(92)122)32-17-35-98-88(93)94/h4-11,19-23,27,43,47-48,53,55-58,60-70,97,100H,12-18,24-26,28-42,44-46,90H2,1-3H3,(H2,91,117)(H2,92,122)(H,101,118)(H,102,128)(H,103,131)(H,104,116)(H,105,129)(H,106,119)(H,107,123)(H,108,130)(H,109,133)(H,110,134)(H,111,126)(H,112,125)(H,113,124)(H,114,127)(H,115,132)(H,120,121)(H4,93,94,98)(H4,95,96,99)/t47-,48-,53-,55-,56-,57-,58-,60-,61-,62-,63-,64-,65-,66-,67-,68-,69-,70-/m0/s1. The highest BCUT2D eigenvalue weighted by molar-refractivity contribution is 6.00. The molecule has 3 aliphatic carbocycles. The quantitative estimate of drug-likeness (QED) is 0.0111. The van der Waals surface area contributed by atoms with Crippen LogP contribution in [0, 0.1) is 34.5 Å². The molecule has 730 valence electrons. The average Bonchev–Trinajstić information content (AvgIpc) is 1.66. The van der Waals surface area contributed by atoms with Crippen LogP contribution in [0.5, 0.6) is 0 Å². The molecular formula is C89H130N26O19. The molecule has 8 rings (SSSR count). The van der Waals surface area contributed by atoms with Gasteiger partial charge in [0, 0.05) is 93.6 Å². The highest BCUT2D eigenvalue weighted by Crippen LogP contribution is 2.31. The number of carboxylic acids is 1. The third kappa shape index (κ3) is 34.1. The number of nitrogens with one attached hydrogen (secondary N) is 21. The Balaban J connectivity index is 0.891. The predicted molar refractivity (Wildman–Crippen MR) is 489 cm³/mol. The molecule has 4 aromatic rings. The van der Waals surface area contributed by atoms with E-state index in [9.17, 15) is 86.6 Å². The minimum atomic E-state index is -1.88. The Morgan fingerprint density at radius 1 is 0.418 bits per heavy atom. The number of unbranched alkanes of at least 4 members (excludes halogenated alkanes) is 1. The van der Waals surface area contributed by atoms with E-state index in [1.54, 1.807) is 66.9 Å². The zero-order chi connectivity index (χ0) is 97.7. The highest BCUT2D eigenvalue weighted by atomic mass is 16.4. The zero-order valence-electron chi connectivity index (χ0n) is 75.5. The van der Waals surface area contributed by atoms with E-state index >= 15 is 4.79 Å². The number of benzene rings is 3. The Morgan fingerprint density at radius 2 is 0.881 bits per heavy atom. The van der Waals surface area contributed by atoms with E-state index in [0.29, 0.717) is 87.4 Å². The van der Waals surface area contributed by atoms with Crippen molar-refractivity contribution in [1.82, 2.24) is 101 Å². The summed E-state index contributed by atoms with van der Waals surface area (Å²) in [6.07, 6.45) is 4.13. The van der Waals surface area contributed by atoms with Crippen molar-refractivity contribution in [3.8, 4) is 0 Å². The number of hydrogen-bond donors (Lipinski definition) is 27. The van der Waals surface area contributed by atoms with Crippen LogP contribution in [-0.4, -0.2) is 252 Å². The maximum Gasteiger partial charge on any atom is 0.305 e. The van der Waals surface area contributed by atoms with Crippen LogP contribution in [-0.2, 0) is 106 Å². The second-order valence-corrected chi connectivity index (χ2v) is 34.5. The summed E-state index contributed by atoms with van der Waals surface area (Å²) in [5.74, 6) is -18.4. The number of carboxylic acid groups (broad SMARTS) is 1. The number of rotatable bonds is 53. The Bertz CT molecular complexity index is 4810. The number of para-hydroxylation sites is 1. The fraction of sp³-hybridized carbons (Fsp3) is 0.551. The summed E-state index contributed by atoms with van der Waals surface area (Å²) in [4.78, 5) is 250. The number of guanidine groups is 2. The van der Waals surface area contributed by atoms with Crippen LogP contribution in [0.3, 0.4) is 0 Å². The van der Waals surface area contributed by atoms with Crippen LogP contribution in [0.1, 0.15) is 159 Å². The minimum Gasteiger partial charge on any atom is -0.481 e. The van der Waals surface area contributed by atoms with Gasteiger partial charge >= 0.3 is 5.97 Å². The fourth-order valence-corrected chi connectivity index (χ4v) is 17.1. The molecule has 1 saturated heterocycles. The maximum absolute atomic E-state index is 15.1. The molecule has 3 aromatic carbocycles. The van der Waals surface area contributed by atoms with Crippen molar-refractivity contribution in [3.05, 3.63) is 108 Å². The summed E-state index contributed by atoms with van der Waals surface area (Å²) < 4.78 is 0. The number of carbonyl (C=O) groups excluding carboxylic acids is 17.